The number of ether oxygens (including phenoxy) is 1. The molecule has 0 fully saturated rings. The topological polar surface area (TPSA) is 66.8 Å². The number of nitrogens with zero attached hydrogens (tertiary/aromatic N) is 1. The van der Waals surface area contributed by atoms with E-state index in [1.165, 1.54) is 11.0 Å². The molecule has 0 atom stereocenters. The monoisotopic (exact) mass is 267 g/mol. The summed E-state index contributed by atoms with van der Waals surface area (Å²) in [6.07, 6.45) is 2.39. The van der Waals surface area contributed by atoms with Gasteiger partial charge in [-0.3, -0.25) is 4.79 Å². The maximum Gasteiger partial charge on any atom is 0.328 e. The minimum absolute atomic E-state index is 0.0600. The van der Waals surface area contributed by atoms with Gasteiger partial charge in [0.2, 0.25) is 0 Å². The van der Waals surface area contributed by atoms with Crippen molar-refractivity contribution >= 4 is 29.2 Å². The number of carbonyl (C=O) groups is 2. The van der Waals surface area contributed by atoms with E-state index < -0.39 is 5.97 Å². The number of rotatable bonds is 3. The summed E-state index contributed by atoms with van der Waals surface area (Å²) in [5.74, 6) is -0.732. The van der Waals surface area contributed by atoms with Gasteiger partial charge in [0.25, 0.3) is 5.91 Å². The van der Waals surface area contributed by atoms with Crippen molar-refractivity contribution in [1.29, 1.82) is 0 Å². The first-order chi connectivity index (χ1) is 8.58. The van der Waals surface area contributed by atoms with E-state index in [4.69, 9.17) is 21.4 Å². The smallest absolute Gasteiger partial charge is 0.328 e. The highest BCUT2D eigenvalue weighted by Crippen LogP contribution is 2.34. The van der Waals surface area contributed by atoms with Crippen LogP contribution in [0.1, 0.15) is 0 Å². The van der Waals surface area contributed by atoms with E-state index in [9.17, 15) is 9.59 Å². The molecule has 0 aromatic heterocycles. The van der Waals surface area contributed by atoms with Gasteiger partial charge in [-0.1, -0.05) is 17.7 Å². The zero-order chi connectivity index (χ0) is 13.1. The molecule has 1 aromatic carbocycles. The van der Waals surface area contributed by atoms with E-state index in [0.717, 1.165) is 6.08 Å². The van der Waals surface area contributed by atoms with Gasteiger partial charge in [-0.2, -0.15) is 0 Å². The molecule has 0 aliphatic carbocycles. The Labute approximate surface area is 108 Å². The minimum atomic E-state index is -1.05. The highest BCUT2D eigenvalue weighted by molar-refractivity contribution is 6.31. The summed E-state index contributed by atoms with van der Waals surface area (Å²) < 4.78 is 5.26. The molecule has 2 rings (SSSR count). The fourth-order valence-electron chi connectivity index (χ4n) is 1.63. The molecule has 5 nitrogen and oxygen atoms in total. The quantitative estimate of drug-likeness (QED) is 0.847. The lowest BCUT2D eigenvalue weighted by Crippen LogP contribution is -2.38. The normalized spacial score (nSPS) is 14.5. The number of fused-ring (bicyclic) bond motifs is 1. The summed E-state index contributed by atoms with van der Waals surface area (Å²) in [6.45, 7) is 0.109. The fraction of sp³-hybridized carbons (Fsp3) is 0.167. The van der Waals surface area contributed by atoms with E-state index >= 15 is 0 Å². The Bertz CT molecular complexity index is 527. The van der Waals surface area contributed by atoms with Crippen molar-refractivity contribution in [3.63, 3.8) is 0 Å². The van der Waals surface area contributed by atoms with Crippen LogP contribution in [-0.2, 0) is 9.59 Å². The molecule has 1 N–H and O–H groups in total. The number of hydrogen-bond acceptors (Lipinski definition) is 3. The molecule has 0 bridgehead atoms. The van der Waals surface area contributed by atoms with Crippen molar-refractivity contribution in [2.45, 2.75) is 0 Å². The van der Waals surface area contributed by atoms with Gasteiger partial charge in [-0.15, -0.1) is 0 Å². The van der Waals surface area contributed by atoms with Crippen molar-refractivity contribution < 1.29 is 19.4 Å². The number of benzene rings is 1. The minimum Gasteiger partial charge on any atom is -0.482 e. The lowest BCUT2D eigenvalue weighted by molar-refractivity contribution is -0.131. The third kappa shape index (κ3) is 2.62. The number of aliphatic carboxylic acids is 1. The van der Waals surface area contributed by atoms with Crippen LogP contribution in [0.5, 0.6) is 5.75 Å². The lowest BCUT2D eigenvalue weighted by atomic mass is 10.2. The maximum atomic E-state index is 11.7. The van der Waals surface area contributed by atoms with Crippen LogP contribution >= 0.6 is 11.6 Å². The third-order valence-corrected chi connectivity index (χ3v) is 2.65. The number of carboxylic acids is 1. The molecule has 18 heavy (non-hydrogen) atoms. The van der Waals surface area contributed by atoms with Gasteiger partial charge in [-0.25, -0.2) is 4.79 Å². The number of amides is 1. The van der Waals surface area contributed by atoms with Gasteiger partial charge in [-0.05, 0) is 18.2 Å². The second-order valence-corrected chi connectivity index (χ2v) is 4.08. The number of hydrogen-bond donors (Lipinski definition) is 1. The first-order valence-corrected chi connectivity index (χ1v) is 5.58. The van der Waals surface area contributed by atoms with Crippen LogP contribution in [0.25, 0.3) is 0 Å². The molecule has 1 aliphatic rings. The van der Waals surface area contributed by atoms with Gasteiger partial charge in [0.15, 0.2) is 6.61 Å². The van der Waals surface area contributed by atoms with Gasteiger partial charge < -0.3 is 14.7 Å². The van der Waals surface area contributed by atoms with Crippen LogP contribution in [0.3, 0.4) is 0 Å². The van der Waals surface area contributed by atoms with Crippen LogP contribution in [-0.4, -0.2) is 30.1 Å². The number of halogens is 1. The van der Waals surface area contributed by atoms with Gasteiger partial charge >= 0.3 is 5.97 Å². The third-order valence-electron chi connectivity index (χ3n) is 2.41. The van der Waals surface area contributed by atoms with Crippen LogP contribution in [0, 0.1) is 0 Å². The Hall–Kier alpha value is -2.01. The Morgan fingerprint density at radius 3 is 3.06 bits per heavy atom. The van der Waals surface area contributed by atoms with E-state index in [1.54, 1.807) is 18.2 Å². The van der Waals surface area contributed by atoms with Gasteiger partial charge in [0.05, 0.1) is 5.69 Å². The molecule has 6 heteroatoms. The molecule has 0 unspecified atom stereocenters. The van der Waals surface area contributed by atoms with Gasteiger partial charge in [0.1, 0.15) is 5.75 Å². The standard InChI is InChI=1S/C12H10ClNO4/c13-8-3-4-10-9(6-8)14(11(15)7-18-10)5-1-2-12(16)17/h1-4,6H,5,7H2,(H,16,17). The maximum absolute atomic E-state index is 11.7. The first-order valence-electron chi connectivity index (χ1n) is 5.20. The zero-order valence-corrected chi connectivity index (χ0v) is 10.1. The summed E-state index contributed by atoms with van der Waals surface area (Å²) in [5, 5.41) is 9.00. The predicted molar refractivity (Wildman–Crippen MR) is 66.1 cm³/mol. The van der Waals surface area contributed by atoms with E-state index in [2.05, 4.69) is 0 Å². The van der Waals surface area contributed by atoms with Crippen LogP contribution in [0.15, 0.2) is 30.4 Å². The second-order valence-electron chi connectivity index (χ2n) is 3.65. The van der Waals surface area contributed by atoms with Crippen LogP contribution < -0.4 is 9.64 Å². The molecule has 1 heterocycles. The molecule has 1 aliphatic heterocycles. The summed E-state index contributed by atoms with van der Waals surface area (Å²) in [7, 11) is 0. The van der Waals surface area contributed by atoms with E-state index in [0.29, 0.717) is 16.5 Å². The number of carbonyl (C=O) groups excluding carboxylic acids is 1. The van der Waals surface area contributed by atoms with E-state index in [-0.39, 0.29) is 19.1 Å². The Kier molecular flexibility index (Phi) is 3.53. The van der Waals surface area contributed by atoms with Crippen LogP contribution in [0.2, 0.25) is 5.02 Å². The Morgan fingerprint density at radius 2 is 2.33 bits per heavy atom. The Balaban J connectivity index is 2.27. The summed E-state index contributed by atoms with van der Waals surface area (Å²) in [5.41, 5.74) is 0.550. The van der Waals surface area contributed by atoms with Crippen molar-refractivity contribution in [3.05, 3.63) is 35.4 Å². The van der Waals surface area contributed by atoms with Crippen molar-refractivity contribution in [3.8, 4) is 5.75 Å². The average molecular weight is 268 g/mol. The van der Waals surface area contributed by atoms with Crippen molar-refractivity contribution in [2.75, 3.05) is 18.1 Å². The molecular weight excluding hydrogens is 258 g/mol. The Morgan fingerprint density at radius 1 is 1.56 bits per heavy atom. The summed E-state index contributed by atoms with van der Waals surface area (Å²) in [6, 6.07) is 4.96. The van der Waals surface area contributed by atoms with Crippen molar-refractivity contribution in [1.82, 2.24) is 0 Å². The highest BCUT2D eigenvalue weighted by Gasteiger charge is 2.24. The first kappa shape index (κ1) is 12.4. The molecule has 1 amide bonds. The molecular formula is C12H10ClNO4. The average Bonchev–Trinajstić information content (AvgIpc) is 2.31. The fourth-order valence-corrected chi connectivity index (χ4v) is 1.80. The van der Waals surface area contributed by atoms with Crippen molar-refractivity contribution in [2.24, 2.45) is 0 Å². The summed E-state index contributed by atoms with van der Waals surface area (Å²) >= 11 is 5.87. The van der Waals surface area contributed by atoms with Gasteiger partial charge in [0, 0.05) is 17.6 Å². The van der Waals surface area contributed by atoms with Crippen LogP contribution in [0.4, 0.5) is 5.69 Å². The SMILES string of the molecule is O=C(O)C=CCN1C(=O)COc2ccc(Cl)cc21. The second kappa shape index (κ2) is 5.10. The zero-order valence-electron chi connectivity index (χ0n) is 9.30. The molecule has 0 saturated carbocycles. The highest BCUT2D eigenvalue weighted by atomic mass is 35.5. The molecule has 1 aromatic rings. The molecule has 0 spiro atoms. The number of anilines is 1. The number of carboxylic acid groups (broad SMARTS) is 1. The molecule has 0 radical (unpaired) electrons. The molecule has 94 valence electrons. The molecule has 0 saturated heterocycles. The predicted octanol–water partition coefficient (Wildman–Crippen LogP) is 1.71. The van der Waals surface area contributed by atoms with E-state index in [1.807, 2.05) is 0 Å². The lowest BCUT2D eigenvalue weighted by Gasteiger charge is -2.28. The largest absolute Gasteiger partial charge is 0.482 e. The summed E-state index contributed by atoms with van der Waals surface area (Å²) in [4.78, 5) is 23.5.